The van der Waals surface area contributed by atoms with E-state index in [1.807, 2.05) is 20.8 Å². The van der Waals surface area contributed by atoms with Crippen molar-refractivity contribution in [2.45, 2.75) is 46.5 Å². The molecule has 0 aromatic heterocycles. The van der Waals surface area contributed by atoms with Crippen molar-refractivity contribution < 1.29 is 14.3 Å². The number of unbranched alkanes of at least 4 members (excludes halogenated alkanes) is 3. The van der Waals surface area contributed by atoms with Gasteiger partial charge in [-0.2, -0.15) is 0 Å². The summed E-state index contributed by atoms with van der Waals surface area (Å²) in [6.45, 7) is 5.97. The number of esters is 1. The van der Waals surface area contributed by atoms with Crippen LogP contribution in [0.15, 0.2) is 0 Å². The lowest BCUT2D eigenvalue weighted by Gasteiger charge is -2.16. The summed E-state index contributed by atoms with van der Waals surface area (Å²) in [6, 6.07) is 0. The average Bonchev–Trinajstić information content (AvgIpc) is 2.09. The Balaban J connectivity index is 3.37. The second-order valence-corrected chi connectivity index (χ2v) is 4.40. The van der Waals surface area contributed by atoms with E-state index in [9.17, 15) is 9.59 Å². The summed E-state index contributed by atoms with van der Waals surface area (Å²) < 4.78 is 5.06. The molecule has 0 aromatic rings. The van der Waals surface area contributed by atoms with Crippen LogP contribution in [-0.4, -0.2) is 18.9 Å². The van der Waals surface area contributed by atoms with Crippen LogP contribution in [0.5, 0.6) is 0 Å². The van der Waals surface area contributed by atoms with E-state index in [0.29, 0.717) is 13.0 Å². The van der Waals surface area contributed by atoms with Crippen molar-refractivity contribution in [3.63, 3.8) is 0 Å². The number of hydrogen-bond acceptors (Lipinski definition) is 3. The molecule has 0 saturated carbocycles. The standard InChI is InChI=1S/C11H20O3/c1-11(2,3)10(13)14-9-7-5-4-6-8-12/h8H,4-7,9H2,1-3H3. The third-order valence-electron chi connectivity index (χ3n) is 1.81. The zero-order valence-electron chi connectivity index (χ0n) is 9.34. The number of aldehydes is 1. The van der Waals surface area contributed by atoms with Gasteiger partial charge < -0.3 is 9.53 Å². The minimum atomic E-state index is -0.414. The highest BCUT2D eigenvalue weighted by atomic mass is 16.5. The van der Waals surface area contributed by atoms with Gasteiger partial charge in [0.1, 0.15) is 6.29 Å². The van der Waals surface area contributed by atoms with Gasteiger partial charge in [-0.25, -0.2) is 0 Å². The highest BCUT2D eigenvalue weighted by Gasteiger charge is 2.22. The summed E-state index contributed by atoms with van der Waals surface area (Å²) in [5, 5.41) is 0. The van der Waals surface area contributed by atoms with Gasteiger partial charge in [-0.1, -0.05) is 0 Å². The van der Waals surface area contributed by atoms with Gasteiger partial charge in [0.15, 0.2) is 0 Å². The van der Waals surface area contributed by atoms with Crippen molar-refractivity contribution >= 4 is 12.3 Å². The lowest BCUT2D eigenvalue weighted by Crippen LogP contribution is -2.23. The Kier molecular flexibility index (Phi) is 6.17. The Morgan fingerprint density at radius 2 is 1.86 bits per heavy atom. The van der Waals surface area contributed by atoms with Crippen LogP contribution in [0, 0.1) is 5.41 Å². The number of carbonyl (C=O) groups excluding carboxylic acids is 2. The van der Waals surface area contributed by atoms with E-state index in [-0.39, 0.29) is 5.97 Å². The van der Waals surface area contributed by atoms with Gasteiger partial charge in [0.2, 0.25) is 0 Å². The minimum Gasteiger partial charge on any atom is -0.465 e. The Bertz CT molecular complexity index is 179. The summed E-state index contributed by atoms with van der Waals surface area (Å²) >= 11 is 0. The van der Waals surface area contributed by atoms with Gasteiger partial charge in [-0.3, -0.25) is 4.79 Å². The highest BCUT2D eigenvalue weighted by Crippen LogP contribution is 2.15. The van der Waals surface area contributed by atoms with Gasteiger partial charge in [-0.05, 0) is 40.0 Å². The largest absolute Gasteiger partial charge is 0.465 e. The molecule has 3 heteroatoms. The molecule has 0 atom stereocenters. The molecule has 0 rings (SSSR count). The van der Waals surface area contributed by atoms with Gasteiger partial charge in [-0.15, -0.1) is 0 Å². The first kappa shape index (κ1) is 13.1. The molecule has 14 heavy (non-hydrogen) atoms. The molecule has 0 aliphatic carbocycles. The molecule has 0 fully saturated rings. The zero-order valence-corrected chi connectivity index (χ0v) is 9.34. The summed E-state index contributed by atoms with van der Waals surface area (Å²) in [6.07, 6.45) is 4.19. The fourth-order valence-corrected chi connectivity index (χ4v) is 0.888. The molecule has 3 nitrogen and oxygen atoms in total. The maximum absolute atomic E-state index is 11.3. The lowest BCUT2D eigenvalue weighted by molar-refractivity contribution is -0.153. The van der Waals surface area contributed by atoms with Gasteiger partial charge >= 0.3 is 5.97 Å². The van der Waals surface area contributed by atoms with E-state index in [1.165, 1.54) is 0 Å². The van der Waals surface area contributed by atoms with Crippen molar-refractivity contribution in [1.82, 2.24) is 0 Å². The van der Waals surface area contributed by atoms with Crippen molar-refractivity contribution in [1.29, 1.82) is 0 Å². The summed E-state index contributed by atoms with van der Waals surface area (Å²) in [5.41, 5.74) is -0.414. The molecular weight excluding hydrogens is 180 g/mol. The van der Waals surface area contributed by atoms with Gasteiger partial charge in [0.25, 0.3) is 0 Å². The van der Waals surface area contributed by atoms with E-state index in [1.54, 1.807) is 0 Å². The number of rotatable bonds is 6. The molecule has 0 radical (unpaired) electrons. The molecule has 0 aliphatic heterocycles. The van der Waals surface area contributed by atoms with E-state index >= 15 is 0 Å². The Hall–Kier alpha value is -0.860. The number of hydrogen-bond donors (Lipinski definition) is 0. The fraction of sp³-hybridized carbons (Fsp3) is 0.818. The Labute approximate surface area is 85.8 Å². The lowest BCUT2D eigenvalue weighted by atomic mass is 9.97. The van der Waals surface area contributed by atoms with Crippen LogP contribution in [-0.2, 0) is 14.3 Å². The third-order valence-corrected chi connectivity index (χ3v) is 1.81. The maximum atomic E-state index is 11.3. The molecule has 0 unspecified atom stereocenters. The average molecular weight is 200 g/mol. The highest BCUT2D eigenvalue weighted by molar-refractivity contribution is 5.75. The Morgan fingerprint density at radius 3 is 2.36 bits per heavy atom. The first-order valence-corrected chi connectivity index (χ1v) is 5.09. The normalized spacial score (nSPS) is 11.1. The third kappa shape index (κ3) is 6.63. The summed E-state index contributed by atoms with van der Waals surface area (Å²) in [5.74, 6) is -0.159. The second kappa shape index (κ2) is 6.57. The predicted molar refractivity (Wildman–Crippen MR) is 54.9 cm³/mol. The van der Waals surface area contributed by atoms with Gasteiger partial charge in [0, 0.05) is 6.42 Å². The summed E-state index contributed by atoms with van der Waals surface area (Å²) in [7, 11) is 0. The molecule has 0 aromatic carbocycles. The second-order valence-electron chi connectivity index (χ2n) is 4.40. The van der Waals surface area contributed by atoms with E-state index < -0.39 is 5.41 Å². The quantitative estimate of drug-likeness (QED) is 0.375. The van der Waals surface area contributed by atoms with Crippen LogP contribution < -0.4 is 0 Å². The SMILES string of the molecule is CC(C)(C)C(=O)OCCCCCC=O. The summed E-state index contributed by atoms with van der Waals surface area (Å²) in [4.78, 5) is 21.3. The van der Waals surface area contributed by atoms with Crippen LogP contribution in [0.2, 0.25) is 0 Å². The van der Waals surface area contributed by atoms with Crippen LogP contribution in [0.4, 0.5) is 0 Å². The smallest absolute Gasteiger partial charge is 0.311 e. The van der Waals surface area contributed by atoms with Crippen LogP contribution in [0.1, 0.15) is 46.5 Å². The topological polar surface area (TPSA) is 43.4 Å². The first-order chi connectivity index (χ1) is 6.48. The number of carbonyl (C=O) groups is 2. The monoisotopic (exact) mass is 200 g/mol. The minimum absolute atomic E-state index is 0.159. The number of ether oxygens (including phenoxy) is 1. The maximum Gasteiger partial charge on any atom is 0.311 e. The zero-order chi connectivity index (χ0) is 11.0. The van der Waals surface area contributed by atoms with E-state index in [4.69, 9.17) is 4.74 Å². The molecule has 0 aliphatic rings. The van der Waals surface area contributed by atoms with E-state index in [2.05, 4.69) is 0 Å². The van der Waals surface area contributed by atoms with Crippen LogP contribution in [0.25, 0.3) is 0 Å². The Morgan fingerprint density at radius 1 is 1.21 bits per heavy atom. The van der Waals surface area contributed by atoms with Crippen LogP contribution in [0.3, 0.4) is 0 Å². The van der Waals surface area contributed by atoms with Gasteiger partial charge in [0.05, 0.1) is 12.0 Å². The molecule has 0 N–H and O–H groups in total. The molecule has 0 amide bonds. The predicted octanol–water partition coefficient (Wildman–Crippen LogP) is 2.33. The first-order valence-electron chi connectivity index (χ1n) is 5.09. The van der Waals surface area contributed by atoms with Crippen molar-refractivity contribution in [2.75, 3.05) is 6.61 Å². The van der Waals surface area contributed by atoms with Crippen molar-refractivity contribution in [3.05, 3.63) is 0 Å². The molecular formula is C11H20O3. The molecule has 0 heterocycles. The molecule has 0 saturated heterocycles. The molecule has 0 spiro atoms. The molecule has 0 bridgehead atoms. The fourth-order valence-electron chi connectivity index (χ4n) is 0.888. The van der Waals surface area contributed by atoms with Crippen molar-refractivity contribution in [3.8, 4) is 0 Å². The van der Waals surface area contributed by atoms with Crippen LogP contribution >= 0.6 is 0 Å². The van der Waals surface area contributed by atoms with E-state index in [0.717, 1.165) is 25.5 Å². The molecule has 82 valence electrons. The van der Waals surface area contributed by atoms with Crippen molar-refractivity contribution in [2.24, 2.45) is 5.41 Å².